The molecule has 0 atom stereocenters. The molecule has 0 bridgehead atoms. The van der Waals surface area contributed by atoms with Crippen molar-refractivity contribution in [1.29, 1.82) is 0 Å². The quantitative estimate of drug-likeness (QED) is 0.623. The number of hydrogen-bond acceptors (Lipinski definition) is 2. The summed E-state index contributed by atoms with van der Waals surface area (Å²) in [5.41, 5.74) is 2.49. The number of carbonyl (C=O) groups is 2. The molecule has 0 fully saturated rings. The van der Waals surface area contributed by atoms with E-state index in [0.717, 1.165) is 5.56 Å². The minimum Gasteiger partial charge on any atom is -0.289 e. The van der Waals surface area contributed by atoms with Crippen molar-refractivity contribution < 1.29 is 9.59 Å². The molecule has 0 aliphatic heterocycles. The van der Waals surface area contributed by atoms with Gasteiger partial charge < -0.3 is 0 Å². The highest BCUT2D eigenvalue weighted by Crippen LogP contribution is 2.23. The molecule has 0 saturated carbocycles. The van der Waals surface area contributed by atoms with Gasteiger partial charge in [-0.05, 0) is 25.5 Å². The van der Waals surface area contributed by atoms with Crippen LogP contribution in [0.15, 0.2) is 29.8 Å². The molecule has 1 aromatic carbocycles. The van der Waals surface area contributed by atoms with Gasteiger partial charge in [-0.1, -0.05) is 18.2 Å². The predicted molar refractivity (Wildman–Crippen MR) is 53.6 cm³/mol. The molecule has 1 aromatic rings. The fourth-order valence-corrected chi connectivity index (χ4v) is 1.71. The largest absolute Gasteiger partial charge is 0.289 e. The van der Waals surface area contributed by atoms with E-state index >= 15 is 0 Å². The van der Waals surface area contributed by atoms with Crippen molar-refractivity contribution in [2.24, 2.45) is 0 Å². The first-order valence-electron chi connectivity index (χ1n) is 4.48. The van der Waals surface area contributed by atoms with E-state index in [0.29, 0.717) is 16.7 Å². The van der Waals surface area contributed by atoms with Crippen LogP contribution in [0.4, 0.5) is 0 Å². The third-order valence-corrected chi connectivity index (χ3v) is 2.47. The molecule has 2 heteroatoms. The maximum absolute atomic E-state index is 11.8. The second-order valence-electron chi connectivity index (χ2n) is 3.52. The van der Waals surface area contributed by atoms with E-state index in [4.69, 9.17) is 0 Å². The first kappa shape index (κ1) is 8.88. The smallest absolute Gasteiger partial charge is 0.189 e. The molecular formula is C12H10O2. The summed E-state index contributed by atoms with van der Waals surface area (Å²) in [4.78, 5) is 23.3. The molecule has 0 amide bonds. The van der Waals surface area contributed by atoms with Crippen LogP contribution in [0, 0.1) is 6.92 Å². The van der Waals surface area contributed by atoms with E-state index in [1.807, 2.05) is 13.0 Å². The average molecular weight is 186 g/mol. The number of carbonyl (C=O) groups excluding carboxylic acids is 2. The zero-order chi connectivity index (χ0) is 10.3. The van der Waals surface area contributed by atoms with Gasteiger partial charge in [-0.25, -0.2) is 0 Å². The zero-order valence-corrected chi connectivity index (χ0v) is 8.13. The minimum absolute atomic E-state index is 0.0299. The van der Waals surface area contributed by atoms with E-state index in [9.17, 15) is 9.59 Å². The van der Waals surface area contributed by atoms with Crippen LogP contribution in [-0.2, 0) is 0 Å². The molecule has 0 saturated heterocycles. The Balaban J connectivity index is 2.76. The van der Waals surface area contributed by atoms with Gasteiger partial charge in [0.2, 0.25) is 0 Å². The van der Waals surface area contributed by atoms with Crippen molar-refractivity contribution in [3.63, 3.8) is 0 Å². The first-order chi connectivity index (χ1) is 6.61. The third-order valence-electron chi connectivity index (χ3n) is 2.47. The molecule has 0 radical (unpaired) electrons. The van der Waals surface area contributed by atoms with Crippen LogP contribution in [0.25, 0.3) is 0 Å². The second kappa shape index (κ2) is 2.91. The Hall–Kier alpha value is -1.70. The van der Waals surface area contributed by atoms with Gasteiger partial charge in [-0.3, -0.25) is 9.59 Å². The van der Waals surface area contributed by atoms with Gasteiger partial charge in [0.25, 0.3) is 0 Å². The molecular weight excluding hydrogens is 176 g/mol. The summed E-state index contributed by atoms with van der Waals surface area (Å²) in [5, 5.41) is 0. The van der Waals surface area contributed by atoms with Crippen molar-refractivity contribution in [3.8, 4) is 0 Å². The molecule has 1 aliphatic carbocycles. The number of hydrogen-bond donors (Lipinski definition) is 0. The van der Waals surface area contributed by atoms with Crippen molar-refractivity contribution in [2.75, 3.05) is 0 Å². The first-order valence-corrected chi connectivity index (χ1v) is 4.48. The molecule has 14 heavy (non-hydrogen) atoms. The second-order valence-corrected chi connectivity index (χ2v) is 3.52. The lowest BCUT2D eigenvalue weighted by atomic mass is 9.87. The number of Topliss-reactive ketones (excluding diaryl/α,β-unsaturated/α-hetero) is 1. The molecule has 0 N–H and O–H groups in total. The van der Waals surface area contributed by atoms with Crippen molar-refractivity contribution in [1.82, 2.24) is 0 Å². The lowest BCUT2D eigenvalue weighted by Crippen LogP contribution is -2.16. The molecule has 0 heterocycles. The molecule has 0 aromatic heterocycles. The summed E-state index contributed by atoms with van der Waals surface area (Å²) in [6, 6.07) is 5.35. The van der Waals surface area contributed by atoms with E-state index in [-0.39, 0.29) is 11.6 Å². The van der Waals surface area contributed by atoms with Crippen LogP contribution in [0.2, 0.25) is 0 Å². The summed E-state index contributed by atoms with van der Waals surface area (Å²) in [6.45, 7) is 3.53. The van der Waals surface area contributed by atoms with E-state index in [2.05, 4.69) is 0 Å². The lowest BCUT2D eigenvalue weighted by Gasteiger charge is -2.14. The lowest BCUT2D eigenvalue weighted by molar-refractivity contribution is 0.0984. The van der Waals surface area contributed by atoms with E-state index in [1.165, 1.54) is 6.08 Å². The number of benzene rings is 1. The van der Waals surface area contributed by atoms with Gasteiger partial charge >= 0.3 is 0 Å². The minimum atomic E-state index is -0.0687. The third kappa shape index (κ3) is 1.11. The fourth-order valence-electron chi connectivity index (χ4n) is 1.71. The van der Waals surface area contributed by atoms with E-state index in [1.54, 1.807) is 19.1 Å². The van der Waals surface area contributed by atoms with Crippen LogP contribution in [0.5, 0.6) is 0 Å². The summed E-state index contributed by atoms with van der Waals surface area (Å²) < 4.78 is 0. The Morgan fingerprint density at radius 2 is 1.79 bits per heavy atom. The van der Waals surface area contributed by atoms with Crippen LogP contribution >= 0.6 is 0 Å². The molecule has 0 spiro atoms. The van der Waals surface area contributed by atoms with E-state index < -0.39 is 0 Å². The van der Waals surface area contributed by atoms with Crippen molar-refractivity contribution >= 4 is 11.6 Å². The summed E-state index contributed by atoms with van der Waals surface area (Å²) in [7, 11) is 0. The standard InChI is InChI=1S/C12H10O2/c1-7-4-3-5-9-10(13)6-8(2)12(14)11(7)9/h3-6H,1-2H3. The molecule has 1 aliphatic rings. The predicted octanol–water partition coefficient (Wildman–Crippen LogP) is 2.32. The highest BCUT2D eigenvalue weighted by molar-refractivity contribution is 6.24. The van der Waals surface area contributed by atoms with Crippen molar-refractivity contribution in [2.45, 2.75) is 13.8 Å². The van der Waals surface area contributed by atoms with Gasteiger partial charge in [0.15, 0.2) is 11.6 Å². The Morgan fingerprint density at radius 3 is 2.50 bits per heavy atom. The zero-order valence-electron chi connectivity index (χ0n) is 8.13. The van der Waals surface area contributed by atoms with Gasteiger partial charge in [-0.2, -0.15) is 0 Å². The molecule has 70 valence electrons. The van der Waals surface area contributed by atoms with Gasteiger partial charge in [0.1, 0.15) is 0 Å². The maximum Gasteiger partial charge on any atom is 0.189 e. The van der Waals surface area contributed by atoms with Gasteiger partial charge in [0.05, 0.1) is 0 Å². The number of allylic oxidation sites excluding steroid dienone is 2. The normalized spacial score (nSPS) is 15.1. The van der Waals surface area contributed by atoms with Crippen LogP contribution in [0.3, 0.4) is 0 Å². The Labute approximate surface area is 82.2 Å². The molecule has 2 rings (SSSR count). The van der Waals surface area contributed by atoms with Crippen molar-refractivity contribution in [3.05, 3.63) is 46.5 Å². The number of rotatable bonds is 0. The number of aryl methyl sites for hydroxylation is 1. The number of ketones is 2. The van der Waals surface area contributed by atoms with Crippen LogP contribution < -0.4 is 0 Å². The Bertz CT molecular complexity index is 467. The summed E-state index contributed by atoms with van der Waals surface area (Å²) >= 11 is 0. The monoisotopic (exact) mass is 186 g/mol. The average Bonchev–Trinajstić information content (AvgIpc) is 2.14. The van der Waals surface area contributed by atoms with Crippen LogP contribution in [-0.4, -0.2) is 11.6 Å². The molecule has 0 unspecified atom stereocenters. The highest BCUT2D eigenvalue weighted by Gasteiger charge is 2.23. The van der Waals surface area contributed by atoms with Gasteiger partial charge in [0, 0.05) is 16.7 Å². The van der Waals surface area contributed by atoms with Gasteiger partial charge in [-0.15, -0.1) is 0 Å². The Morgan fingerprint density at radius 1 is 1.07 bits per heavy atom. The fraction of sp³-hybridized carbons (Fsp3) is 0.167. The number of fused-ring (bicyclic) bond motifs is 1. The topological polar surface area (TPSA) is 34.1 Å². The molecule has 2 nitrogen and oxygen atoms in total. The summed E-state index contributed by atoms with van der Waals surface area (Å²) in [6.07, 6.45) is 1.41. The maximum atomic E-state index is 11.8. The van der Waals surface area contributed by atoms with Crippen LogP contribution in [0.1, 0.15) is 33.2 Å². The highest BCUT2D eigenvalue weighted by atomic mass is 16.1. The Kier molecular flexibility index (Phi) is 1.84. The SMILES string of the molecule is CC1=CC(=O)c2cccc(C)c2C1=O. The summed E-state index contributed by atoms with van der Waals surface area (Å²) in [5.74, 6) is -0.0986.